The summed E-state index contributed by atoms with van der Waals surface area (Å²) in [6.07, 6.45) is 0. The third-order valence-electron chi connectivity index (χ3n) is 4.38. The van der Waals surface area contributed by atoms with Gasteiger partial charge in [-0.2, -0.15) is 10.2 Å². The minimum absolute atomic E-state index is 0.00748. The summed E-state index contributed by atoms with van der Waals surface area (Å²) in [5.41, 5.74) is 12.7. The Morgan fingerprint density at radius 2 is 1.92 bits per heavy atom. The molecule has 0 saturated carbocycles. The lowest BCUT2D eigenvalue weighted by molar-refractivity contribution is 0.147. The number of hydrogen-bond donors (Lipinski definition) is 2. The smallest absolute Gasteiger partial charge is 0.222 e. The second-order valence-corrected chi connectivity index (χ2v) is 6.19. The summed E-state index contributed by atoms with van der Waals surface area (Å²) in [7, 11) is 2.08. The molecular weight excluding hydrogens is 321 g/mol. The quantitative estimate of drug-likeness (QED) is 0.859. The molecule has 0 bridgehead atoms. The molecular formula is C17H20FN7. The monoisotopic (exact) mass is 341 g/mol. The zero-order chi connectivity index (χ0) is 18.0. The highest BCUT2D eigenvalue weighted by molar-refractivity contribution is 5.73. The fourth-order valence-electron chi connectivity index (χ4n) is 2.88. The van der Waals surface area contributed by atoms with Gasteiger partial charge in [-0.05, 0) is 13.1 Å². The fourth-order valence-corrected chi connectivity index (χ4v) is 2.88. The first-order valence-corrected chi connectivity index (χ1v) is 8.00. The summed E-state index contributed by atoms with van der Waals surface area (Å²) in [6.45, 7) is 4.33. The van der Waals surface area contributed by atoms with E-state index in [0.717, 1.165) is 26.2 Å². The zero-order valence-electron chi connectivity index (χ0n) is 14.0. The second kappa shape index (κ2) is 7.01. The fraction of sp³-hybridized carbons (Fsp3) is 0.353. The molecule has 0 spiro atoms. The minimum Gasteiger partial charge on any atom is -0.382 e. The molecule has 0 unspecified atom stereocenters. The Morgan fingerprint density at radius 3 is 2.56 bits per heavy atom. The Labute approximate surface area is 145 Å². The number of rotatable bonds is 3. The molecule has 1 aromatic carbocycles. The van der Waals surface area contributed by atoms with E-state index < -0.39 is 0 Å². The number of piperazine rings is 1. The first kappa shape index (κ1) is 17.1. The van der Waals surface area contributed by atoms with Gasteiger partial charge in [-0.25, -0.2) is 9.37 Å². The van der Waals surface area contributed by atoms with Gasteiger partial charge in [-0.3, -0.25) is 4.90 Å². The normalized spacial score (nSPS) is 15.9. The topological polar surface area (TPSA) is 108 Å². The number of anilines is 2. The zero-order valence-corrected chi connectivity index (χ0v) is 14.0. The average molecular weight is 341 g/mol. The van der Waals surface area contributed by atoms with Gasteiger partial charge < -0.3 is 16.4 Å². The van der Waals surface area contributed by atoms with E-state index in [1.54, 1.807) is 12.1 Å². The lowest BCUT2D eigenvalue weighted by Gasteiger charge is -2.32. The van der Waals surface area contributed by atoms with E-state index in [-0.39, 0.29) is 28.8 Å². The van der Waals surface area contributed by atoms with E-state index in [1.165, 1.54) is 6.07 Å². The number of likely N-dealkylation sites (N-methyl/N-ethyl adjacent to an activating group) is 1. The molecule has 0 aliphatic carbocycles. The summed E-state index contributed by atoms with van der Waals surface area (Å²) in [6, 6.07) is 6.77. The van der Waals surface area contributed by atoms with E-state index in [1.807, 2.05) is 6.07 Å². The number of nitrogen functional groups attached to an aromatic ring is 2. The van der Waals surface area contributed by atoms with E-state index in [9.17, 15) is 9.65 Å². The SMILES string of the molecule is CN1CCN(Cc2ccc(-c3nc(N)nc(N)c3C#N)cc2F)CC1. The predicted molar refractivity (Wildman–Crippen MR) is 93.7 cm³/mol. The molecule has 1 aliphatic heterocycles. The number of aromatic nitrogens is 2. The van der Waals surface area contributed by atoms with Crippen LogP contribution < -0.4 is 11.5 Å². The molecule has 0 radical (unpaired) electrons. The summed E-state index contributed by atoms with van der Waals surface area (Å²) in [4.78, 5) is 12.3. The van der Waals surface area contributed by atoms with Gasteiger partial charge in [-0.1, -0.05) is 12.1 Å². The Morgan fingerprint density at radius 1 is 1.20 bits per heavy atom. The van der Waals surface area contributed by atoms with Crippen LogP contribution in [0.25, 0.3) is 11.3 Å². The molecule has 1 aliphatic rings. The molecule has 3 rings (SSSR count). The molecule has 1 saturated heterocycles. The Kier molecular flexibility index (Phi) is 4.79. The van der Waals surface area contributed by atoms with Crippen LogP contribution in [0, 0.1) is 17.1 Å². The Hall–Kier alpha value is -2.76. The molecule has 1 aromatic heterocycles. The van der Waals surface area contributed by atoms with Crippen molar-refractivity contribution in [3.8, 4) is 17.3 Å². The molecule has 8 heteroatoms. The first-order valence-electron chi connectivity index (χ1n) is 8.00. The van der Waals surface area contributed by atoms with Crippen molar-refractivity contribution in [2.45, 2.75) is 6.54 Å². The lowest BCUT2D eigenvalue weighted by atomic mass is 10.0. The van der Waals surface area contributed by atoms with Crippen molar-refractivity contribution in [1.82, 2.24) is 19.8 Å². The maximum Gasteiger partial charge on any atom is 0.222 e. The molecule has 2 aromatic rings. The van der Waals surface area contributed by atoms with Crippen molar-refractivity contribution in [3.63, 3.8) is 0 Å². The average Bonchev–Trinajstić information content (AvgIpc) is 2.58. The van der Waals surface area contributed by atoms with Gasteiger partial charge in [0.05, 0.1) is 5.69 Å². The minimum atomic E-state index is -0.337. The number of nitrogens with zero attached hydrogens (tertiary/aromatic N) is 5. The van der Waals surface area contributed by atoms with Gasteiger partial charge in [0, 0.05) is 43.9 Å². The summed E-state index contributed by atoms with van der Waals surface area (Å²) < 4.78 is 14.6. The van der Waals surface area contributed by atoms with Gasteiger partial charge in [-0.15, -0.1) is 0 Å². The molecule has 1 fully saturated rings. The third-order valence-corrected chi connectivity index (χ3v) is 4.38. The molecule has 0 atom stereocenters. The van der Waals surface area contributed by atoms with Crippen LogP contribution in [0.5, 0.6) is 0 Å². The van der Waals surface area contributed by atoms with Crippen LogP contribution in [0.4, 0.5) is 16.2 Å². The Bertz CT molecular complexity index is 822. The number of nitriles is 1. The number of benzene rings is 1. The molecule has 25 heavy (non-hydrogen) atoms. The van der Waals surface area contributed by atoms with Gasteiger partial charge in [0.25, 0.3) is 0 Å². The Balaban J connectivity index is 1.87. The predicted octanol–water partition coefficient (Wildman–Crippen LogP) is 1.07. The molecule has 0 amide bonds. The lowest BCUT2D eigenvalue weighted by Crippen LogP contribution is -2.44. The van der Waals surface area contributed by atoms with E-state index in [0.29, 0.717) is 17.7 Å². The van der Waals surface area contributed by atoms with Crippen LogP contribution in [0.15, 0.2) is 18.2 Å². The van der Waals surface area contributed by atoms with Crippen molar-refractivity contribution < 1.29 is 4.39 Å². The van der Waals surface area contributed by atoms with Crippen LogP contribution in [0.3, 0.4) is 0 Å². The van der Waals surface area contributed by atoms with Crippen molar-refractivity contribution in [1.29, 1.82) is 5.26 Å². The van der Waals surface area contributed by atoms with E-state index in [2.05, 4.69) is 26.8 Å². The maximum atomic E-state index is 14.6. The van der Waals surface area contributed by atoms with Crippen molar-refractivity contribution >= 4 is 11.8 Å². The number of halogens is 1. The molecule has 4 N–H and O–H groups in total. The van der Waals surface area contributed by atoms with Crippen LogP contribution in [0.2, 0.25) is 0 Å². The van der Waals surface area contributed by atoms with Crippen molar-refractivity contribution in [2.24, 2.45) is 0 Å². The molecule has 130 valence electrons. The first-order chi connectivity index (χ1) is 12.0. The van der Waals surface area contributed by atoms with E-state index in [4.69, 9.17) is 11.5 Å². The highest BCUT2D eigenvalue weighted by Gasteiger charge is 2.18. The van der Waals surface area contributed by atoms with Crippen LogP contribution in [-0.2, 0) is 6.54 Å². The standard InChI is InChI=1S/C17H20FN7/c1-24-4-6-25(7-5-24)10-12-3-2-11(8-14(12)18)15-13(9-19)16(20)23-17(21)22-15/h2-3,8H,4-7,10H2,1H3,(H4,20,21,22,23). The third kappa shape index (κ3) is 3.68. The highest BCUT2D eigenvalue weighted by Crippen LogP contribution is 2.27. The molecule has 7 nitrogen and oxygen atoms in total. The van der Waals surface area contributed by atoms with Gasteiger partial charge in [0.2, 0.25) is 5.95 Å². The van der Waals surface area contributed by atoms with Gasteiger partial charge in [0.1, 0.15) is 23.3 Å². The highest BCUT2D eigenvalue weighted by atomic mass is 19.1. The van der Waals surface area contributed by atoms with Crippen molar-refractivity contribution in [3.05, 3.63) is 35.1 Å². The summed E-state index contributed by atoms with van der Waals surface area (Å²) >= 11 is 0. The van der Waals surface area contributed by atoms with Gasteiger partial charge >= 0.3 is 0 Å². The van der Waals surface area contributed by atoms with Crippen molar-refractivity contribution in [2.75, 3.05) is 44.7 Å². The van der Waals surface area contributed by atoms with Crippen LogP contribution in [-0.4, -0.2) is 53.0 Å². The van der Waals surface area contributed by atoms with Crippen LogP contribution in [0.1, 0.15) is 11.1 Å². The van der Waals surface area contributed by atoms with Crippen LogP contribution >= 0.6 is 0 Å². The second-order valence-electron chi connectivity index (χ2n) is 6.19. The maximum absolute atomic E-state index is 14.6. The summed E-state index contributed by atoms with van der Waals surface area (Å²) in [5, 5.41) is 9.26. The van der Waals surface area contributed by atoms with Gasteiger partial charge in [0.15, 0.2) is 0 Å². The largest absolute Gasteiger partial charge is 0.382 e. The van der Waals surface area contributed by atoms with E-state index >= 15 is 0 Å². The molecule has 2 heterocycles. The summed E-state index contributed by atoms with van der Waals surface area (Å²) in [5.74, 6) is -0.392. The number of nitrogens with two attached hydrogens (primary N) is 2. The number of hydrogen-bond acceptors (Lipinski definition) is 7.